The van der Waals surface area contributed by atoms with Crippen LogP contribution in [0.2, 0.25) is 0 Å². The quantitative estimate of drug-likeness (QED) is 0.314. The fourth-order valence-electron chi connectivity index (χ4n) is 0.318. The summed E-state index contributed by atoms with van der Waals surface area (Å²) in [5, 5.41) is 0. The van der Waals surface area contributed by atoms with Crippen molar-refractivity contribution in [3.05, 3.63) is 13.2 Å². The van der Waals surface area contributed by atoms with Gasteiger partial charge in [-0.25, -0.2) is 0 Å². The van der Waals surface area contributed by atoms with Gasteiger partial charge < -0.3 is 4.74 Å². The van der Waals surface area contributed by atoms with Gasteiger partial charge in [0.25, 0.3) is 0 Å². The van der Waals surface area contributed by atoms with E-state index in [-0.39, 0.29) is 0 Å². The van der Waals surface area contributed by atoms with Crippen molar-refractivity contribution >= 4 is 0 Å². The molecule has 0 N–H and O–H groups in total. The zero-order valence-electron chi connectivity index (χ0n) is 3.68. The van der Waals surface area contributed by atoms with Crippen LogP contribution in [0.3, 0.4) is 0 Å². The predicted octanol–water partition coefficient (Wildman–Crippen LogP) is 0.960. The summed E-state index contributed by atoms with van der Waals surface area (Å²) in [6, 6.07) is 0. The molecule has 0 aromatic heterocycles. The van der Waals surface area contributed by atoms with Gasteiger partial charge in [0.05, 0.1) is 12.2 Å². The van der Waals surface area contributed by atoms with E-state index in [1.165, 1.54) is 6.42 Å². The number of hydrogen-bond acceptors (Lipinski definition) is 1. The zero-order chi connectivity index (χ0) is 4.57. The molecule has 0 radical (unpaired) electrons. The molecule has 1 saturated heterocycles. The summed E-state index contributed by atoms with van der Waals surface area (Å²) >= 11 is 0. The average molecular weight is 84.1 g/mol. The van der Waals surface area contributed by atoms with Crippen LogP contribution in [0.5, 0.6) is 0 Å². The maximum Gasteiger partial charge on any atom is 0.0868 e. The van der Waals surface area contributed by atoms with E-state index in [4.69, 9.17) is 4.74 Å². The molecule has 1 aliphatic heterocycles. The molecule has 1 heteroatoms. The predicted molar refractivity (Wildman–Crippen MR) is 24.5 cm³/mol. The molecule has 0 aromatic carbocycles. The molecule has 0 bridgehead atoms. The lowest BCUT2D eigenvalue weighted by atomic mass is 10.9. The molecule has 0 aromatic rings. The number of fused-ring (bicyclic) bond motifs is 1. The average Bonchev–Trinajstić information content (AvgIpc) is 2.17. The fourth-order valence-corrected chi connectivity index (χ4v) is 0.318. The first-order chi connectivity index (χ1) is 2.97. The molecule has 2 atom stereocenters. The molecule has 1 nitrogen and oxygen atoms in total. The Bertz CT molecular complexity index is 49.0. The minimum Gasteiger partial charge on any atom is -0.369 e. The van der Waals surface area contributed by atoms with Crippen molar-refractivity contribution in [2.45, 2.75) is 18.6 Å². The second kappa shape index (κ2) is 1.09. The monoisotopic (exact) mass is 84.1 g/mol. The summed E-state index contributed by atoms with van der Waals surface area (Å²) in [5.41, 5.74) is 0. The van der Waals surface area contributed by atoms with Gasteiger partial charge in [-0.05, 0) is 0 Å². The summed E-state index contributed by atoms with van der Waals surface area (Å²) in [6.45, 7) is 6.00. The van der Waals surface area contributed by atoms with Crippen LogP contribution < -0.4 is 0 Å². The molecule has 0 amide bonds. The van der Waals surface area contributed by atoms with E-state index in [1.807, 2.05) is 0 Å². The molecule has 1 saturated carbocycles. The summed E-state index contributed by atoms with van der Waals surface area (Å²) in [4.78, 5) is 0. The van der Waals surface area contributed by atoms with Crippen molar-refractivity contribution in [3.8, 4) is 0 Å². The highest BCUT2D eigenvalue weighted by molar-refractivity contribution is 5.03. The largest absolute Gasteiger partial charge is 0.369 e. The molecule has 2 rings (SSSR count). The molecule has 2 fully saturated rings. The first-order valence-electron chi connectivity index (χ1n) is 2.12. The highest BCUT2D eigenvalue weighted by Crippen LogP contribution is 2.45. The molecular weight excluding hydrogens is 76.1 g/mol. The summed E-state index contributed by atoms with van der Waals surface area (Å²) in [7, 11) is 0. The Hall–Kier alpha value is -0.300. The van der Waals surface area contributed by atoms with Crippen molar-refractivity contribution in [3.63, 3.8) is 0 Å². The summed E-state index contributed by atoms with van der Waals surface area (Å²) in [5.74, 6) is 0. The highest BCUT2D eigenvalue weighted by Gasteiger charge is 2.56. The van der Waals surface area contributed by atoms with Crippen LogP contribution in [0, 0.1) is 0 Å². The van der Waals surface area contributed by atoms with E-state index in [0.717, 1.165) is 12.2 Å². The first-order valence-corrected chi connectivity index (χ1v) is 2.12. The molecule has 6 heavy (non-hydrogen) atoms. The Morgan fingerprint density at radius 2 is 1.50 bits per heavy atom. The van der Waals surface area contributed by atoms with Crippen LogP contribution in [0.15, 0.2) is 13.2 Å². The Balaban J connectivity index is 0.0000000825. The van der Waals surface area contributed by atoms with E-state index in [0.29, 0.717) is 0 Å². The fraction of sp³-hybridized carbons (Fsp3) is 0.600. The molecule has 1 aliphatic carbocycles. The Morgan fingerprint density at radius 1 is 1.33 bits per heavy atom. The van der Waals surface area contributed by atoms with Gasteiger partial charge in [-0.15, -0.1) is 13.2 Å². The first kappa shape index (κ1) is 3.88. The second-order valence-corrected chi connectivity index (χ2v) is 1.45. The Labute approximate surface area is 37.6 Å². The van der Waals surface area contributed by atoms with Gasteiger partial charge in [-0.3, -0.25) is 0 Å². The Morgan fingerprint density at radius 3 is 1.50 bits per heavy atom. The lowest BCUT2D eigenvalue weighted by Crippen LogP contribution is -1.62. The van der Waals surface area contributed by atoms with Crippen LogP contribution in [-0.2, 0) is 4.74 Å². The zero-order valence-corrected chi connectivity index (χ0v) is 3.68. The molecule has 2 unspecified atom stereocenters. The van der Waals surface area contributed by atoms with Crippen LogP contribution in [0.4, 0.5) is 0 Å². The standard InChI is InChI=1S/C3H4O.C2H4/c1-2-3(1)4-2;1-2/h2-3H,1H2;1-2H2. The van der Waals surface area contributed by atoms with Crippen LogP contribution >= 0.6 is 0 Å². The van der Waals surface area contributed by atoms with Gasteiger partial charge in [0.1, 0.15) is 0 Å². The number of epoxide rings is 1. The SMILES string of the molecule is C1C2OC12.C=C. The van der Waals surface area contributed by atoms with Gasteiger partial charge >= 0.3 is 0 Å². The van der Waals surface area contributed by atoms with Crippen molar-refractivity contribution in [2.24, 2.45) is 0 Å². The highest BCUT2D eigenvalue weighted by atomic mass is 16.6. The molecule has 34 valence electrons. The van der Waals surface area contributed by atoms with E-state index in [1.54, 1.807) is 0 Å². The summed E-state index contributed by atoms with van der Waals surface area (Å²) in [6.07, 6.45) is 2.86. The Kier molecular flexibility index (Phi) is 0.701. The van der Waals surface area contributed by atoms with Crippen LogP contribution in [-0.4, -0.2) is 12.2 Å². The molecular formula is C5H8O. The van der Waals surface area contributed by atoms with Gasteiger partial charge in [-0.1, -0.05) is 0 Å². The third-order valence-corrected chi connectivity index (χ3v) is 0.949. The summed E-state index contributed by atoms with van der Waals surface area (Å²) < 4.78 is 4.81. The second-order valence-electron chi connectivity index (χ2n) is 1.45. The van der Waals surface area contributed by atoms with Gasteiger partial charge in [0, 0.05) is 6.42 Å². The lowest BCUT2D eigenvalue weighted by Gasteiger charge is -1.66. The maximum atomic E-state index is 4.81. The van der Waals surface area contributed by atoms with E-state index < -0.39 is 0 Å². The smallest absolute Gasteiger partial charge is 0.0868 e. The minimum atomic E-state index is 0.750. The maximum absolute atomic E-state index is 4.81. The van der Waals surface area contributed by atoms with Crippen molar-refractivity contribution in [2.75, 3.05) is 0 Å². The number of rotatable bonds is 0. The minimum absolute atomic E-state index is 0.750. The third-order valence-electron chi connectivity index (χ3n) is 0.949. The molecule has 2 aliphatic rings. The molecule has 1 heterocycles. The number of ether oxygens (including phenoxy) is 1. The normalized spacial score (nSPS) is 44.7. The third kappa shape index (κ3) is 0.455. The van der Waals surface area contributed by atoms with Gasteiger partial charge in [0.15, 0.2) is 0 Å². The topological polar surface area (TPSA) is 12.5 Å². The molecule has 0 spiro atoms. The van der Waals surface area contributed by atoms with Crippen molar-refractivity contribution in [1.82, 2.24) is 0 Å². The lowest BCUT2D eigenvalue weighted by molar-refractivity contribution is 0.295. The van der Waals surface area contributed by atoms with E-state index in [9.17, 15) is 0 Å². The van der Waals surface area contributed by atoms with Crippen molar-refractivity contribution in [1.29, 1.82) is 0 Å². The van der Waals surface area contributed by atoms with Crippen molar-refractivity contribution < 1.29 is 4.74 Å². The number of hydrogen-bond donors (Lipinski definition) is 0. The van der Waals surface area contributed by atoms with Crippen LogP contribution in [0.25, 0.3) is 0 Å². The van der Waals surface area contributed by atoms with Gasteiger partial charge in [-0.2, -0.15) is 0 Å². The van der Waals surface area contributed by atoms with Crippen LogP contribution in [0.1, 0.15) is 6.42 Å². The van der Waals surface area contributed by atoms with E-state index >= 15 is 0 Å². The van der Waals surface area contributed by atoms with Gasteiger partial charge in [0.2, 0.25) is 0 Å². The van der Waals surface area contributed by atoms with E-state index in [2.05, 4.69) is 13.2 Å².